The molecule has 0 saturated carbocycles. The zero-order valence-corrected chi connectivity index (χ0v) is 36.9. The van der Waals surface area contributed by atoms with Crippen molar-refractivity contribution >= 4 is 43.6 Å². The minimum absolute atomic E-state index is 0.00249. The first-order valence-electron chi connectivity index (χ1n) is 21.6. The normalized spacial score (nSPS) is 12.8. The third-order valence-electron chi connectivity index (χ3n) is 12.7. The van der Waals surface area contributed by atoms with Crippen LogP contribution in [0, 0.1) is 22.7 Å². The summed E-state index contributed by atoms with van der Waals surface area (Å²) in [5.74, 6) is 0. The SMILES string of the molecule is N#Cc1ccc(-c2cc(-n3c4ccccc4c4cc(-c5ccc(C(F)(F)F)cc5C(F)(F)F)ccc43)c(C#N)cc2-n2c3ccccc3c3cc(-c4ccc(C(F)(F)F)cc4C(F)(F)F)ccc32)c(C(F)(F)F)c1. The lowest BCUT2D eigenvalue weighted by atomic mass is 9.93. The molecule has 2 aromatic heterocycles. The molecule has 0 aliphatic carbocycles. The number of benzene rings is 8. The number of alkyl halides is 15. The van der Waals surface area contributed by atoms with E-state index in [9.17, 15) is 63.2 Å². The second-order valence-electron chi connectivity index (χ2n) is 17.0. The molecule has 74 heavy (non-hydrogen) atoms. The highest BCUT2D eigenvalue weighted by Crippen LogP contribution is 2.48. The van der Waals surface area contributed by atoms with E-state index in [4.69, 9.17) is 0 Å². The molecule has 0 fully saturated rings. The average molecular weight is 1030 g/mol. The minimum Gasteiger partial charge on any atom is -0.309 e. The molecule has 2 heterocycles. The van der Waals surface area contributed by atoms with E-state index in [0.29, 0.717) is 46.6 Å². The van der Waals surface area contributed by atoms with Gasteiger partial charge in [0.25, 0.3) is 0 Å². The average Bonchev–Trinajstić information content (AvgIpc) is 3.86. The van der Waals surface area contributed by atoms with Gasteiger partial charge in [-0.1, -0.05) is 66.7 Å². The molecule has 4 nitrogen and oxygen atoms in total. The van der Waals surface area contributed by atoms with Crippen LogP contribution >= 0.6 is 0 Å². The molecule has 0 unspecified atom stereocenters. The third-order valence-corrected chi connectivity index (χ3v) is 12.7. The molecule has 370 valence electrons. The van der Waals surface area contributed by atoms with Crippen molar-refractivity contribution in [3.8, 4) is 56.9 Å². The Hall–Kier alpha value is -8.71. The first-order valence-corrected chi connectivity index (χ1v) is 21.6. The molecule has 19 heteroatoms. The molecule has 0 bridgehead atoms. The number of fused-ring (bicyclic) bond motifs is 6. The number of nitrogens with zero attached hydrogens (tertiary/aromatic N) is 4. The zero-order chi connectivity index (χ0) is 53.0. The molecule has 10 aromatic rings. The first-order chi connectivity index (χ1) is 34.8. The van der Waals surface area contributed by atoms with Crippen LogP contribution in [0.5, 0.6) is 0 Å². The third kappa shape index (κ3) is 8.27. The number of hydrogen-bond donors (Lipinski definition) is 0. The number of para-hydroxylation sites is 2. The van der Waals surface area contributed by atoms with Gasteiger partial charge >= 0.3 is 30.9 Å². The quantitative estimate of drug-likeness (QED) is 0.161. The van der Waals surface area contributed by atoms with Crippen LogP contribution in [0.2, 0.25) is 0 Å². The van der Waals surface area contributed by atoms with Gasteiger partial charge in [-0.2, -0.15) is 76.4 Å². The second kappa shape index (κ2) is 16.9. The van der Waals surface area contributed by atoms with Crippen LogP contribution in [-0.4, -0.2) is 9.13 Å². The van der Waals surface area contributed by atoms with Gasteiger partial charge in [0.05, 0.1) is 78.5 Å². The topological polar surface area (TPSA) is 57.4 Å². The molecule has 0 saturated heterocycles. The molecule has 0 radical (unpaired) electrons. The lowest BCUT2D eigenvalue weighted by molar-refractivity contribution is -0.144. The fraction of sp³-hybridized carbons (Fsp3) is 0.0909. The zero-order valence-electron chi connectivity index (χ0n) is 36.9. The largest absolute Gasteiger partial charge is 0.417 e. The highest BCUT2D eigenvalue weighted by molar-refractivity contribution is 6.12. The van der Waals surface area contributed by atoms with E-state index >= 15 is 13.2 Å². The molecule has 8 aromatic carbocycles. The monoisotopic (exact) mass is 1030 g/mol. The van der Waals surface area contributed by atoms with Crippen molar-refractivity contribution in [2.45, 2.75) is 30.9 Å². The Bertz CT molecular complexity index is 4040. The van der Waals surface area contributed by atoms with Crippen molar-refractivity contribution in [3.05, 3.63) is 191 Å². The van der Waals surface area contributed by atoms with Gasteiger partial charge in [-0.05, 0) is 113 Å². The Morgan fingerprint density at radius 2 is 0.743 bits per heavy atom. The van der Waals surface area contributed by atoms with E-state index in [1.165, 1.54) is 57.7 Å². The van der Waals surface area contributed by atoms with Crippen LogP contribution < -0.4 is 0 Å². The van der Waals surface area contributed by atoms with E-state index in [-0.39, 0.29) is 78.6 Å². The summed E-state index contributed by atoms with van der Waals surface area (Å²) in [7, 11) is 0. The van der Waals surface area contributed by atoms with Crippen LogP contribution in [0.1, 0.15) is 38.9 Å². The Morgan fingerprint density at radius 3 is 1.18 bits per heavy atom. The Morgan fingerprint density at radius 1 is 0.324 bits per heavy atom. The summed E-state index contributed by atoms with van der Waals surface area (Å²) in [5, 5.41) is 21.8. The predicted octanol–water partition coefficient (Wildman–Crippen LogP) is 17.7. The molecule has 0 N–H and O–H groups in total. The van der Waals surface area contributed by atoms with Gasteiger partial charge in [0.1, 0.15) is 6.07 Å². The van der Waals surface area contributed by atoms with E-state index in [1.54, 1.807) is 54.6 Å². The molecule has 0 amide bonds. The highest BCUT2D eigenvalue weighted by atomic mass is 19.4. The maximum atomic E-state index is 15.3. The Balaban J connectivity index is 1.26. The van der Waals surface area contributed by atoms with E-state index in [2.05, 4.69) is 6.07 Å². The first kappa shape index (κ1) is 48.9. The van der Waals surface area contributed by atoms with Crippen molar-refractivity contribution in [2.24, 2.45) is 0 Å². The second-order valence-corrected chi connectivity index (χ2v) is 17.0. The van der Waals surface area contributed by atoms with Crippen LogP contribution in [0.4, 0.5) is 65.9 Å². The molecular weight excluding hydrogens is 1000 g/mol. The molecule has 0 spiro atoms. The highest BCUT2D eigenvalue weighted by Gasteiger charge is 2.41. The van der Waals surface area contributed by atoms with E-state index < -0.39 is 75.4 Å². The molecule has 0 atom stereocenters. The summed E-state index contributed by atoms with van der Waals surface area (Å²) in [6, 6.07) is 31.8. The molecule has 0 aliphatic heterocycles. The van der Waals surface area contributed by atoms with Crippen LogP contribution in [0.15, 0.2) is 152 Å². The minimum atomic E-state index is -5.25. The summed E-state index contributed by atoms with van der Waals surface area (Å²) < 4.78 is 217. The van der Waals surface area contributed by atoms with Gasteiger partial charge in [0.2, 0.25) is 0 Å². The Kier molecular flexibility index (Phi) is 11.2. The number of halogens is 15. The molecule has 10 rings (SSSR count). The van der Waals surface area contributed by atoms with E-state index in [1.807, 2.05) is 0 Å². The van der Waals surface area contributed by atoms with Gasteiger partial charge in [0, 0.05) is 27.1 Å². The summed E-state index contributed by atoms with van der Waals surface area (Å²) in [5.41, 5.74) is -9.54. The maximum absolute atomic E-state index is 15.3. The van der Waals surface area contributed by atoms with Gasteiger partial charge in [-0.3, -0.25) is 0 Å². The summed E-state index contributed by atoms with van der Waals surface area (Å²) in [6.07, 6.45) is -25.8. The van der Waals surface area contributed by atoms with Gasteiger partial charge < -0.3 is 9.13 Å². The number of rotatable bonds is 5. The van der Waals surface area contributed by atoms with Crippen LogP contribution in [-0.2, 0) is 30.9 Å². The van der Waals surface area contributed by atoms with E-state index in [0.717, 1.165) is 12.1 Å². The standard InChI is InChI=1S/C55H25F15N4/c56-51(57,58)32-12-15-34(43(23-32)54(65,66)67)29-10-17-47-39(20-29)37-5-1-3-7-45(37)73(47)49-25-41(36-14-9-28(26-71)19-42(36)53(62,63)64)50(22-31(49)27-72)74-46-8-4-2-6-38(46)40-21-30(11-18-48(40)74)35-16-13-33(52(59,60)61)24-44(35)55(68,69)70/h1-25H. The lowest BCUT2D eigenvalue weighted by Gasteiger charge is -2.21. The number of hydrogen-bond acceptors (Lipinski definition) is 2. The maximum Gasteiger partial charge on any atom is 0.417 e. The summed E-state index contributed by atoms with van der Waals surface area (Å²) in [6.45, 7) is 0. The predicted molar refractivity (Wildman–Crippen MR) is 246 cm³/mol. The molecule has 0 aliphatic rings. The van der Waals surface area contributed by atoms with Gasteiger partial charge in [0.15, 0.2) is 0 Å². The smallest absolute Gasteiger partial charge is 0.309 e. The van der Waals surface area contributed by atoms with Crippen LogP contribution in [0.25, 0.3) is 88.4 Å². The molecular formula is C55H25F15N4. The van der Waals surface area contributed by atoms with Gasteiger partial charge in [-0.15, -0.1) is 0 Å². The Labute approximate surface area is 406 Å². The van der Waals surface area contributed by atoms with Crippen molar-refractivity contribution in [1.82, 2.24) is 9.13 Å². The number of nitriles is 2. The van der Waals surface area contributed by atoms with Gasteiger partial charge in [-0.25, -0.2) is 0 Å². The lowest BCUT2D eigenvalue weighted by Crippen LogP contribution is -2.12. The summed E-state index contributed by atoms with van der Waals surface area (Å²) >= 11 is 0. The fourth-order valence-electron chi connectivity index (χ4n) is 9.55. The van der Waals surface area contributed by atoms with Crippen molar-refractivity contribution in [1.29, 1.82) is 10.5 Å². The van der Waals surface area contributed by atoms with Crippen molar-refractivity contribution in [2.75, 3.05) is 0 Å². The fourth-order valence-corrected chi connectivity index (χ4v) is 9.55. The van der Waals surface area contributed by atoms with Crippen LogP contribution in [0.3, 0.4) is 0 Å². The number of aromatic nitrogens is 2. The van der Waals surface area contributed by atoms with Crippen molar-refractivity contribution < 1.29 is 65.9 Å². The van der Waals surface area contributed by atoms with Crippen molar-refractivity contribution in [3.63, 3.8) is 0 Å². The summed E-state index contributed by atoms with van der Waals surface area (Å²) in [4.78, 5) is 0.